The number of aliphatic carboxylic acids is 1. The van der Waals surface area contributed by atoms with Crippen molar-refractivity contribution in [2.45, 2.75) is 32.6 Å². The molecule has 0 aliphatic rings. The maximum Gasteiger partial charge on any atom is 0.305 e. The van der Waals surface area contributed by atoms with E-state index >= 15 is 0 Å². The number of allylic oxidation sites excluding steroid dienone is 2. The van der Waals surface area contributed by atoms with Gasteiger partial charge in [0.1, 0.15) is 0 Å². The van der Waals surface area contributed by atoms with E-state index < -0.39 is 18.3 Å². The number of rotatable bonds is 9. The Hall–Kier alpha value is -2.95. The highest BCUT2D eigenvalue weighted by atomic mass is 19.3. The van der Waals surface area contributed by atoms with Gasteiger partial charge in [-0.15, -0.1) is 0 Å². The Bertz CT molecular complexity index is 906. The number of carboxylic acid groups (broad SMARTS) is 1. The minimum atomic E-state index is -2.48. The van der Waals surface area contributed by atoms with Gasteiger partial charge in [0.15, 0.2) is 0 Å². The van der Waals surface area contributed by atoms with Crippen LogP contribution in [0.5, 0.6) is 0 Å². The number of carbonyl (C=O) groups is 1. The summed E-state index contributed by atoms with van der Waals surface area (Å²) in [7, 11) is 1.78. The Morgan fingerprint density at radius 3 is 2.48 bits per heavy atom. The van der Waals surface area contributed by atoms with E-state index in [4.69, 9.17) is 5.11 Å². The summed E-state index contributed by atoms with van der Waals surface area (Å²) in [5.41, 5.74) is 4.77. The van der Waals surface area contributed by atoms with Crippen molar-refractivity contribution in [2.24, 2.45) is 0 Å². The number of aryl methyl sites for hydroxylation is 1. The van der Waals surface area contributed by atoms with Crippen molar-refractivity contribution < 1.29 is 18.7 Å². The summed E-state index contributed by atoms with van der Waals surface area (Å²) >= 11 is 0. The van der Waals surface area contributed by atoms with Gasteiger partial charge in [-0.25, -0.2) is 8.78 Å². The highest BCUT2D eigenvalue weighted by Crippen LogP contribution is 2.39. The van der Waals surface area contributed by atoms with E-state index in [9.17, 15) is 13.6 Å². The molecule has 1 unspecified atom stereocenters. The van der Waals surface area contributed by atoms with E-state index in [0.29, 0.717) is 12.1 Å². The lowest BCUT2D eigenvalue weighted by Crippen LogP contribution is -2.16. The molecule has 5 heteroatoms. The number of carboxylic acids is 1. The summed E-state index contributed by atoms with van der Waals surface area (Å²) in [5.74, 6) is -1.81. The van der Waals surface area contributed by atoms with Crippen molar-refractivity contribution in [1.29, 1.82) is 0 Å². The Balaban J connectivity index is 2.67. The highest BCUT2D eigenvalue weighted by Gasteiger charge is 2.23. The second-order valence-electron chi connectivity index (χ2n) is 7.12. The zero-order valence-corrected chi connectivity index (χ0v) is 17.0. The van der Waals surface area contributed by atoms with Crippen molar-refractivity contribution in [1.82, 2.24) is 4.90 Å². The lowest BCUT2D eigenvalue weighted by Gasteiger charge is -2.22. The molecule has 0 aromatic heterocycles. The molecule has 0 saturated heterocycles. The molecule has 0 aliphatic carbocycles. The maximum atomic E-state index is 13.6. The van der Waals surface area contributed by atoms with Gasteiger partial charge < -0.3 is 10.0 Å². The van der Waals surface area contributed by atoms with Gasteiger partial charge in [-0.3, -0.25) is 4.79 Å². The fourth-order valence-corrected chi connectivity index (χ4v) is 3.29. The van der Waals surface area contributed by atoms with Crippen LogP contribution >= 0.6 is 0 Å². The van der Waals surface area contributed by atoms with Crippen molar-refractivity contribution in [2.75, 3.05) is 13.6 Å². The van der Waals surface area contributed by atoms with E-state index in [1.54, 1.807) is 30.2 Å². The first-order chi connectivity index (χ1) is 13.8. The zero-order chi connectivity index (χ0) is 21.6. The first-order valence-corrected chi connectivity index (χ1v) is 9.50. The van der Waals surface area contributed by atoms with Crippen LogP contribution in [-0.2, 0) is 4.79 Å². The topological polar surface area (TPSA) is 40.5 Å². The van der Waals surface area contributed by atoms with Crippen LogP contribution in [0.1, 0.15) is 36.0 Å². The third-order valence-corrected chi connectivity index (χ3v) is 4.95. The summed E-state index contributed by atoms with van der Waals surface area (Å²) in [6, 6.07) is 13.1. The van der Waals surface area contributed by atoms with Crippen LogP contribution in [-0.4, -0.2) is 36.0 Å². The maximum absolute atomic E-state index is 13.6. The molecule has 0 amide bonds. The SMILES string of the molecule is C=C/C(=C\N(C)CCC(=O)O)c1cccc(C(C)C(F)F)c1-c1ccccc1C. The molecule has 1 atom stereocenters. The van der Waals surface area contributed by atoms with Gasteiger partial charge in [0, 0.05) is 25.7 Å². The molecule has 0 radical (unpaired) electrons. The van der Waals surface area contributed by atoms with Crippen molar-refractivity contribution in [3.05, 3.63) is 78.0 Å². The first-order valence-electron chi connectivity index (χ1n) is 9.50. The van der Waals surface area contributed by atoms with Crippen LogP contribution in [0, 0.1) is 6.92 Å². The van der Waals surface area contributed by atoms with Gasteiger partial charge >= 0.3 is 5.97 Å². The Kier molecular flexibility index (Phi) is 7.71. The van der Waals surface area contributed by atoms with Crippen LogP contribution in [0.3, 0.4) is 0 Å². The standard InChI is InChI=1S/C24H27F2NO2/c1-5-18(15-27(4)14-13-22(28)29)21-12-8-11-20(17(3)24(25)26)23(21)19-10-7-6-9-16(19)2/h5-12,15,17,24H,1,13-14H2,2-4H3,(H,28,29)/b18-15+. The molecule has 1 N–H and O–H groups in total. The fourth-order valence-electron chi connectivity index (χ4n) is 3.29. The van der Waals surface area contributed by atoms with E-state index in [1.807, 2.05) is 43.5 Å². The van der Waals surface area contributed by atoms with Gasteiger partial charge in [0.25, 0.3) is 0 Å². The predicted octanol–water partition coefficient (Wildman–Crippen LogP) is 5.96. The van der Waals surface area contributed by atoms with Gasteiger partial charge in [-0.1, -0.05) is 62.0 Å². The normalized spacial score (nSPS) is 12.7. The number of alkyl halides is 2. The smallest absolute Gasteiger partial charge is 0.305 e. The Morgan fingerprint density at radius 1 is 1.21 bits per heavy atom. The number of halogens is 2. The van der Waals surface area contributed by atoms with Gasteiger partial charge in [0.05, 0.1) is 6.42 Å². The lowest BCUT2D eigenvalue weighted by atomic mass is 9.84. The quantitative estimate of drug-likeness (QED) is 0.529. The average molecular weight is 399 g/mol. The van der Waals surface area contributed by atoms with Gasteiger partial charge in [0.2, 0.25) is 6.43 Å². The van der Waals surface area contributed by atoms with Gasteiger partial charge in [-0.05, 0) is 40.3 Å². The molecular weight excluding hydrogens is 372 g/mol. The fraction of sp³-hybridized carbons (Fsp3) is 0.292. The van der Waals surface area contributed by atoms with E-state index in [-0.39, 0.29) is 6.42 Å². The summed E-state index contributed by atoms with van der Waals surface area (Å²) in [6.45, 7) is 7.71. The average Bonchev–Trinajstić information content (AvgIpc) is 2.69. The number of benzene rings is 2. The van der Waals surface area contributed by atoms with Crippen molar-refractivity contribution in [3.63, 3.8) is 0 Å². The summed E-state index contributed by atoms with van der Waals surface area (Å²) in [5, 5.41) is 8.90. The Morgan fingerprint density at radius 2 is 1.90 bits per heavy atom. The molecule has 0 fully saturated rings. The third kappa shape index (κ3) is 5.53. The molecule has 29 heavy (non-hydrogen) atoms. The van der Waals surface area contributed by atoms with E-state index in [2.05, 4.69) is 6.58 Å². The van der Waals surface area contributed by atoms with Crippen LogP contribution in [0.2, 0.25) is 0 Å². The molecule has 2 aromatic rings. The monoisotopic (exact) mass is 399 g/mol. The molecule has 2 rings (SSSR count). The van der Waals surface area contributed by atoms with Crippen LogP contribution in [0.15, 0.2) is 61.3 Å². The molecule has 154 valence electrons. The van der Waals surface area contributed by atoms with E-state index in [1.165, 1.54) is 6.92 Å². The number of nitrogens with zero attached hydrogens (tertiary/aromatic N) is 1. The van der Waals surface area contributed by atoms with Crippen molar-refractivity contribution >= 4 is 11.5 Å². The minimum Gasteiger partial charge on any atom is -0.481 e. The molecular formula is C24H27F2NO2. The zero-order valence-electron chi connectivity index (χ0n) is 17.0. The molecule has 0 bridgehead atoms. The predicted molar refractivity (Wildman–Crippen MR) is 114 cm³/mol. The first kappa shape index (κ1) is 22.3. The largest absolute Gasteiger partial charge is 0.481 e. The molecule has 0 heterocycles. The molecule has 0 aliphatic heterocycles. The number of hydrogen-bond donors (Lipinski definition) is 1. The lowest BCUT2D eigenvalue weighted by molar-refractivity contribution is -0.137. The Labute approximate surface area is 171 Å². The number of hydrogen-bond acceptors (Lipinski definition) is 2. The second-order valence-corrected chi connectivity index (χ2v) is 7.12. The molecule has 0 saturated carbocycles. The van der Waals surface area contributed by atoms with Crippen molar-refractivity contribution in [3.8, 4) is 11.1 Å². The molecule has 2 aromatic carbocycles. The van der Waals surface area contributed by atoms with Crippen LogP contribution < -0.4 is 0 Å². The summed E-state index contributed by atoms with van der Waals surface area (Å²) in [6.07, 6.45) is 1.00. The van der Waals surface area contributed by atoms with Gasteiger partial charge in [-0.2, -0.15) is 0 Å². The molecule has 0 spiro atoms. The van der Waals surface area contributed by atoms with Crippen LogP contribution in [0.4, 0.5) is 8.78 Å². The van der Waals surface area contributed by atoms with Crippen LogP contribution in [0.25, 0.3) is 16.7 Å². The molecule has 3 nitrogen and oxygen atoms in total. The summed E-state index contributed by atoms with van der Waals surface area (Å²) < 4.78 is 27.2. The minimum absolute atomic E-state index is 0.00449. The highest BCUT2D eigenvalue weighted by molar-refractivity contribution is 5.88. The summed E-state index contributed by atoms with van der Waals surface area (Å²) in [4.78, 5) is 12.6. The third-order valence-electron chi connectivity index (χ3n) is 4.95. The second kappa shape index (κ2) is 10.0. The van der Waals surface area contributed by atoms with E-state index in [0.717, 1.165) is 27.8 Å².